The molecule has 0 fully saturated rings. The van der Waals surface area contributed by atoms with Crippen molar-refractivity contribution in [1.29, 1.82) is 0 Å². The van der Waals surface area contributed by atoms with Crippen molar-refractivity contribution in [3.63, 3.8) is 0 Å². The number of benzene rings is 2. The van der Waals surface area contributed by atoms with Gasteiger partial charge >= 0.3 is 0 Å². The number of halogens is 2. The van der Waals surface area contributed by atoms with E-state index in [1.54, 1.807) is 36.7 Å². The first-order chi connectivity index (χ1) is 19.2. The topological polar surface area (TPSA) is 118 Å². The van der Waals surface area contributed by atoms with Gasteiger partial charge in [0.05, 0.1) is 38.9 Å². The molecule has 3 N–H and O–H groups in total. The van der Waals surface area contributed by atoms with Crippen LogP contribution in [0.5, 0.6) is 5.75 Å². The minimum Gasteiger partial charge on any atom is -0.487 e. The Labute approximate surface area is 239 Å². The van der Waals surface area contributed by atoms with Crippen molar-refractivity contribution in [2.45, 2.75) is 6.61 Å². The molecule has 0 bridgehead atoms. The lowest BCUT2D eigenvalue weighted by atomic mass is 10.2. The molecule has 13 heteroatoms. The minimum absolute atomic E-state index is 0.0552. The molecule has 1 aliphatic heterocycles. The Hall–Kier alpha value is -3.87. The smallest absolute Gasteiger partial charge is 0.149 e. The Morgan fingerprint density at radius 3 is 2.83 bits per heavy atom. The Balaban J connectivity index is 1.28. The highest BCUT2D eigenvalue weighted by atomic mass is 35.5. The summed E-state index contributed by atoms with van der Waals surface area (Å²) in [5, 5.41) is 13.5. The molecule has 2 aromatic heterocycles. The number of hydrogen-bond donors (Lipinski definition) is 3. The largest absolute Gasteiger partial charge is 0.487 e. The van der Waals surface area contributed by atoms with Gasteiger partial charge in [-0.1, -0.05) is 35.5 Å². The SMILES string of the molecule is CS(=O)(=O)CCNC=C1NC(c2cc3c(Nc4ccc(OCc5cccc(F)c5)c(Cl)c4)ncnc3cn2)=CS1. The second kappa shape index (κ2) is 12.1. The third-order valence-electron chi connectivity index (χ3n) is 5.69. The van der Waals surface area contributed by atoms with E-state index in [2.05, 4.69) is 30.9 Å². The molecule has 0 spiro atoms. The van der Waals surface area contributed by atoms with Gasteiger partial charge in [0.1, 0.15) is 40.2 Å². The summed E-state index contributed by atoms with van der Waals surface area (Å²) in [6.07, 6.45) is 6.08. The molecule has 2 aromatic carbocycles. The summed E-state index contributed by atoms with van der Waals surface area (Å²) in [5.41, 5.74) is 3.54. The van der Waals surface area contributed by atoms with Crippen molar-refractivity contribution < 1.29 is 17.5 Å². The Morgan fingerprint density at radius 2 is 2.02 bits per heavy atom. The van der Waals surface area contributed by atoms with Crippen LogP contribution >= 0.6 is 23.4 Å². The van der Waals surface area contributed by atoms with Crippen molar-refractivity contribution in [2.24, 2.45) is 0 Å². The van der Waals surface area contributed by atoms with Crippen LogP contribution in [0, 0.1) is 5.82 Å². The molecule has 0 saturated heterocycles. The average molecular weight is 599 g/mol. The molecule has 40 heavy (non-hydrogen) atoms. The van der Waals surface area contributed by atoms with Crippen LogP contribution in [0.4, 0.5) is 15.9 Å². The molecule has 206 valence electrons. The molecule has 0 atom stereocenters. The Bertz CT molecular complexity index is 1730. The van der Waals surface area contributed by atoms with E-state index in [0.29, 0.717) is 45.6 Å². The number of fused-ring (bicyclic) bond motifs is 1. The van der Waals surface area contributed by atoms with E-state index in [1.807, 2.05) is 17.5 Å². The van der Waals surface area contributed by atoms with Gasteiger partial charge in [-0.3, -0.25) is 4.98 Å². The fraction of sp³-hybridized carbons (Fsp3) is 0.148. The molecule has 3 heterocycles. The molecule has 5 rings (SSSR count). The maximum absolute atomic E-state index is 13.4. The number of pyridine rings is 1. The van der Waals surface area contributed by atoms with Gasteiger partial charge in [0.2, 0.25) is 0 Å². The molecule has 0 saturated carbocycles. The maximum atomic E-state index is 13.4. The van der Waals surface area contributed by atoms with Crippen LogP contribution in [-0.4, -0.2) is 41.9 Å². The van der Waals surface area contributed by atoms with Crippen LogP contribution in [-0.2, 0) is 16.4 Å². The lowest BCUT2D eigenvalue weighted by Gasteiger charge is -2.12. The molecular formula is C27H24ClFN6O3S2. The highest BCUT2D eigenvalue weighted by molar-refractivity contribution is 8.06. The number of aromatic nitrogens is 3. The predicted molar refractivity (Wildman–Crippen MR) is 157 cm³/mol. The number of thioether (sulfide) groups is 1. The second-order valence-corrected chi connectivity index (χ2v) is 12.4. The van der Waals surface area contributed by atoms with Gasteiger partial charge in [-0.2, -0.15) is 0 Å². The highest BCUT2D eigenvalue weighted by Crippen LogP contribution is 2.33. The summed E-state index contributed by atoms with van der Waals surface area (Å²) in [6, 6.07) is 13.4. The predicted octanol–water partition coefficient (Wildman–Crippen LogP) is 5.21. The van der Waals surface area contributed by atoms with Gasteiger partial charge in [-0.05, 0) is 42.0 Å². The van der Waals surface area contributed by atoms with E-state index in [-0.39, 0.29) is 18.2 Å². The van der Waals surface area contributed by atoms with Gasteiger partial charge in [0.15, 0.2) is 0 Å². The maximum Gasteiger partial charge on any atom is 0.149 e. The van der Waals surface area contributed by atoms with Crippen molar-refractivity contribution in [1.82, 2.24) is 25.6 Å². The number of nitrogens with one attached hydrogen (secondary N) is 3. The molecule has 9 nitrogen and oxygen atoms in total. The molecule has 0 aliphatic carbocycles. The van der Waals surface area contributed by atoms with Crippen LogP contribution in [0.3, 0.4) is 0 Å². The Morgan fingerprint density at radius 1 is 1.15 bits per heavy atom. The van der Waals surface area contributed by atoms with Gasteiger partial charge in [-0.15, -0.1) is 0 Å². The van der Waals surface area contributed by atoms with E-state index in [4.69, 9.17) is 16.3 Å². The van der Waals surface area contributed by atoms with Crippen LogP contribution in [0.2, 0.25) is 5.02 Å². The van der Waals surface area contributed by atoms with Crippen LogP contribution in [0.25, 0.3) is 16.6 Å². The van der Waals surface area contributed by atoms with Crippen LogP contribution in [0.1, 0.15) is 11.3 Å². The van der Waals surface area contributed by atoms with Gasteiger partial charge in [-0.25, -0.2) is 22.8 Å². The van der Waals surface area contributed by atoms with Crippen molar-refractivity contribution >= 4 is 61.3 Å². The van der Waals surface area contributed by atoms with E-state index in [9.17, 15) is 12.8 Å². The number of nitrogens with zero attached hydrogens (tertiary/aromatic N) is 3. The van der Waals surface area contributed by atoms with Gasteiger partial charge in [0, 0.05) is 35.5 Å². The fourth-order valence-corrected chi connectivity index (χ4v) is 5.21. The standard InChI is InChI=1S/C27H24ClFN6O3S2/c1-40(36,37)8-7-30-13-26-35-24(15-39-26)22-11-20-23(12-31-22)32-16-33-27(20)34-19-5-6-25(21(28)10-19)38-14-17-3-2-4-18(29)9-17/h2-6,9-13,15-16,30,35H,7-8,14H2,1H3,(H,32,33,34). The number of anilines is 2. The van der Waals surface area contributed by atoms with Crippen molar-refractivity contribution in [3.05, 3.63) is 99.8 Å². The van der Waals surface area contributed by atoms with Crippen LogP contribution in [0.15, 0.2) is 77.7 Å². The summed E-state index contributed by atoms with van der Waals surface area (Å²) >= 11 is 7.93. The molecule has 4 aromatic rings. The van der Waals surface area contributed by atoms with Crippen molar-refractivity contribution in [2.75, 3.05) is 23.9 Å². The zero-order chi connectivity index (χ0) is 28.1. The number of rotatable bonds is 10. The van der Waals surface area contributed by atoms with E-state index in [1.165, 1.54) is 36.5 Å². The first kappa shape index (κ1) is 27.7. The monoisotopic (exact) mass is 598 g/mol. The summed E-state index contributed by atoms with van der Waals surface area (Å²) in [5.74, 6) is 0.779. The van der Waals surface area contributed by atoms with E-state index >= 15 is 0 Å². The number of hydrogen-bond acceptors (Lipinski definition) is 10. The second-order valence-electron chi connectivity index (χ2n) is 8.86. The summed E-state index contributed by atoms with van der Waals surface area (Å²) < 4.78 is 41.8. The quantitative estimate of drug-likeness (QED) is 0.210. The number of sulfone groups is 1. The molecular weight excluding hydrogens is 575 g/mol. The van der Waals surface area contributed by atoms with E-state index < -0.39 is 9.84 Å². The number of ether oxygens (including phenoxy) is 1. The first-order valence-electron chi connectivity index (χ1n) is 12.0. The highest BCUT2D eigenvalue weighted by Gasteiger charge is 2.15. The van der Waals surface area contributed by atoms with Gasteiger partial charge < -0.3 is 20.7 Å². The first-order valence-corrected chi connectivity index (χ1v) is 15.4. The normalized spacial score (nSPS) is 14.2. The summed E-state index contributed by atoms with van der Waals surface area (Å²) in [4.78, 5) is 13.3. The lowest BCUT2D eigenvalue weighted by Crippen LogP contribution is -2.19. The molecule has 0 radical (unpaired) electrons. The third-order valence-corrected chi connectivity index (χ3v) is 7.76. The lowest BCUT2D eigenvalue weighted by molar-refractivity contribution is 0.306. The molecule has 1 aliphatic rings. The third kappa shape index (κ3) is 7.20. The molecule has 0 unspecified atom stereocenters. The van der Waals surface area contributed by atoms with Gasteiger partial charge in [0.25, 0.3) is 0 Å². The van der Waals surface area contributed by atoms with Crippen molar-refractivity contribution in [3.8, 4) is 5.75 Å². The molecule has 0 amide bonds. The van der Waals surface area contributed by atoms with E-state index in [0.717, 1.165) is 16.1 Å². The van der Waals surface area contributed by atoms with Crippen LogP contribution < -0.4 is 20.7 Å². The summed E-state index contributed by atoms with van der Waals surface area (Å²) in [6.45, 7) is 0.511. The fourth-order valence-electron chi connectivity index (χ4n) is 3.74. The zero-order valence-electron chi connectivity index (χ0n) is 21.2. The average Bonchev–Trinajstić information content (AvgIpc) is 3.39. The zero-order valence-corrected chi connectivity index (χ0v) is 23.6. The minimum atomic E-state index is -3.03. The Kier molecular flexibility index (Phi) is 8.38. The summed E-state index contributed by atoms with van der Waals surface area (Å²) in [7, 11) is -3.03.